The van der Waals surface area contributed by atoms with Crippen molar-refractivity contribution in [2.24, 2.45) is 5.92 Å². The molecule has 1 N–H and O–H groups in total. The second-order valence-corrected chi connectivity index (χ2v) is 8.57. The van der Waals surface area contributed by atoms with E-state index in [1.54, 1.807) is 0 Å². The van der Waals surface area contributed by atoms with Gasteiger partial charge < -0.3 is 5.32 Å². The van der Waals surface area contributed by atoms with Crippen LogP contribution < -0.4 is 5.32 Å². The molecule has 0 aliphatic carbocycles. The van der Waals surface area contributed by atoms with Gasteiger partial charge in [-0.25, -0.2) is 9.28 Å². The zero-order valence-corrected chi connectivity index (χ0v) is 17.8. The summed E-state index contributed by atoms with van der Waals surface area (Å²) < 4.78 is 0.0207. The Morgan fingerprint density at radius 3 is 2.10 bits per heavy atom. The molecular weight excluding hydrogens is 376 g/mol. The predicted molar refractivity (Wildman–Crippen MR) is 116 cm³/mol. The van der Waals surface area contributed by atoms with Crippen LogP contribution in [0.3, 0.4) is 0 Å². The summed E-state index contributed by atoms with van der Waals surface area (Å²) in [7, 11) is 0. The van der Waals surface area contributed by atoms with Crippen molar-refractivity contribution in [2.75, 3.05) is 13.1 Å². The van der Waals surface area contributed by atoms with Gasteiger partial charge in [0.25, 0.3) is 11.7 Å². The van der Waals surface area contributed by atoms with E-state index >= 15 is 0 Å². The van der Waals surface area contributed by atoms with Crippen LogP contribution in [0.25, 0.3) is 0 Å². The minimum atomic E-state index is -0.727. The fourth-order valence-corrected chi connectivity index (χ4v) is 4.24. The Hall–Kier alpha value is -2.79. The highest BCUT2D eigenvalue weighted by atomic mass is 16.2. The van der Waals surface area contributed by atoms with Crippen LogP contribution in [0.5, 0.6) is 0 Å². The quantitative estimate of drug-likeness (QED) is 0.513. The predicted octanol–water partition coefficient (Wildman–Crippen LogP) is 3.28. The van der Waals surface area contributed by atoms with E-state index in [1.165, 1.54) is 0 Å². The molecule has 0 spiro atoms. The molecule has 1 aliphatic heterocycles. The second-order valence-electron chi connectivity index (χ2n) is 8.57. The maximum Gasteiger partial charge on any atom is 0.314 e. The lowest BCUT2D eigenvalue weighted by Crippen LogP contribution is -2.62. The Balaban J connectivity index is 1.97. The summed E-state index contributed by atoms with van der Waals surface area (Å²) in [5.74, 6) is -0.791. The van der Waals surface area contributed by atoms with Crippen LogP contribution in [0, 0.1) is 5.92 Å². The first-order valence-corrected chi connectivity index (χ1v) is 10.7. The highest BCUT2D eigenvalue weighted by Gasteiger charge is 2.52. The molecule has 0 radical (unpaired) electrons. The lowest BCUT2D eigenvalue weighted by atomic mass is 9.96. The topological polar surface area (TPSA) is 63.2 Å². The van der Waals surface area contributed by atoms with Gasteiger partial charge >= 0.3 is 5.91 Å². The van der Waals surface area contributed by atoms with Crippen LogP contribution in [0.1, 0.15) is 37.8 Å². The Morgan fingerprint density at radius 1 is 0.967 bits per heavy atom. The number of rotatable bonds is 9. The third kappa shape index (κ3) is 5.03. The molecule has 1 heterocycles. The lowest BCUT2D eigenvalue weighted by molar-refractivity contribution is -0.875. The fourth-order valence-electron chi connectivity index (χ4n) is 4.24. The van der Waals surface area contributed by atoms with Crippen molar-refractivity contribution in [3.8, 4) is 0 Å². The summed E-state index contributed by atoms with van der Waals surface area (Å²) in [4.78, 5) is 39.4. The molecule has 0 saturated carbocycles. The lowest BCUT2D eigenvalue weighted by Gasteiger charge is -2.38. The summed E-state index contributed by atoms with van der Waals surface area (Å²) >= 11 is 0. The van der Waals surface area contributed by atoms with E-state index in [2.05, 4.69) is 5.32 Å². The van der Waals surface area contributed by atoms with Crippen molar-refractivity contribution in [3.63, 3.8) is 0 Å². The summed E-state index contributed by atoms with van der Waals surface area (Å²) in [6.45, 7) is 5.42. The normalized spacial score (nSPS) is 19.6. The van der Waals surface area contributed by atoms with Crippen LogP contribution in [-0.4, -0.2) is 41.2 Å². The van der Waals surface area contributed by atoms with Crippen molar-refractivity contribution < 1.29 is 18.9 Å². The molecule has 3 rings (SSSR count). The number of amides is 2. The van der Waals surface area contributed by atoms with Crippen LogP contribution in [0.2, 0.25) is 0 Å². The standard InChI is InChI=1S/C25H30N2O3/c1-19(2)17-26-25(30)24(29)22(16-20-10-5-3-6-11-20)27(15-9-14-23(27)28)18-21-12-7-4-8-13-21/h3-8,10-13,19,22H,9,14-18H2,1-2H3/p+1/t22-,27?/m0/s1. The average Bonchev–Trinajstić information content (AvgIpc) is 3.11. The Morgan fingerprint density at radius 2 is 1.57 bits per heavy atom. The second kappa shape index (κ2) is 9.81. The van der Waals surface area contributed by atoms with Crippen molar-refractivity contribution >= 4 is 17.6 Å². The number of nitrogens with zero attached hydrogens (tertiary/aromatic N) is 1. The van der Waals surface area contributed by atoms with Crippen LogP contribution >= 0.6 is 0 Å². The van der Waals surface area contributed by atoms with Crippen molar-refractivity contribution in [2.45, 2.75) is 45.7 Å². The number of quaternary nitrogens is 1. The number of carbonyl (C=O) groups is 3. The highest BCUT2D eigenvalue weighted by Crippen LogP contribution is 2.31. The monoisotopic (exact) mass is 407 g/mol. The van der Waals surface area contributed by atoms with Gasteiger partial charge in [0.2, 0.25) is 0 Å². The van der Waals surface area contributed by atoms with Gasteiger partial charge in [-0.05, 0) is 11.5 Å². The zero-order valence-electron chi connectivity index (χ0n) is 17.8. The smallest absolute Gasteiger partial charge is 0.314 e. The van der Waals surface area contributed by atoms with Gasteiger partial charge in [0.05, 0.1) is 13.0 Å². The summed E-state index contributed by atoms with van der Waals surface area (Å²) in [6, 6.07) is 18.7. The number of nitrogens with one attached hydrogen (secondary N) is 1. The molecule has 1 unspecified atom stereocenters. The third-order valence-electron chi connectivity index (χ3n) is 5.82. The Labute approximate surface area is 178 Å². The zero-order chi connectivity index (χ0) is 21.6. The van der Waals surface area contributed by atoms with E-state index < -0.39 is 17.7 Å². The number of hydrogen-bond acceptors (Lipinski definition) is 3. The van der Waals surface area contributed by atoms with E-state index in [1.807, 2.05) is 74.5 Å². The van der Waals surface area contributed by atoms with E-state index in [4.69, 9.17) is 0 Å². The molecule has 5 heteroatoms. The summed E-state index contributed by atoms with van der Waals surface area (Å²) in [5, 5.41) is 2.76. The molecule has 1 fully saturated rings. The SMILES string of the molecule is CC(C)CNC(=O)C(=O)[C@H](Cc1ccccc1)[N+]1(Cc2ccccc2)CCCC1=O. The third-order valence-corrected chi connectivity index (χ3v) is 5.82. The molecular formula is C25H31N2O3+. The van der Waals surface area contributed by atoms with Crippen molar-refractivity contribution in [1.82, 2.24) is 5.32 Å². The molecule has 2 aromatic rings. The summed E-state index contributed by atoms with van der Waals surface area (Å²) in [5.41, 5.74) is 1.96. The maximum absolute atomic E-state index is 13.4. The number of benzene rings is 2. The number of ketones is 1. The van der Waals surface area contributed by atoms with Gasteiger partial charge in [0, 0.05) is 24.9 Å². The van der Waals surface area contributed by atoms with Crippen LogP contribution in [0.15, 0.2) is 60.7 Å². The Bertz CT molecular complexity index is 880. The highest BCUT2D eigenvalue weighted by molar-refractivity contribution is 6.38. The van der Waals surface area contributed by atoms with Crippen LogP contribution in [-0.2, 0) is 27.3 Å². The molecule has 1 aliphatic rings. The number of hydrogen-bond donors (Lipinski definition) is 1. The first-order valence-electron chi connectivity index (χ1n) is 10.7. The minimum Gasteiger partial charge on any atom is -0.349 e. The van der Waals surface area contributed by atoms with Gasteiger partial charge in [-0.15, -0.1) is 0 Å². The molecule has 158 valence electrons. The average molecular weight is 408 g/mol. The first kappa shape index (κ1) is 21.9. The molecule has 2 atom stereocenters. The van der Waals surface area contributed by atoms with E-state index in [0.29, 0.717) is 32.5 Å². The fraction of sp³-hybridized carbons (Fsp3) is 0.400. The van der Waals surface area contributed by atoms with E-state index in [0.717, 1.165) is 17.5 Å². The van der Waals surface area contributed by atoms with Crippen LogP contribution in [0.4, 0.5) is 0 Å². The molecule has 5 nitrogen and oxygen atoms in total. The van der Waals surface area contributed by atoms with Gasteiger partial charge in [-0.3, -0.25) is 9.59 Å². The number of likely N-dealkylation sites (tertiary alicyclic amines) is 1. The minimum absolute atomic E-state index is 0.0207. The number of carbonyl (C=O) groups excluding carboxylic acids is 3. The van der Waals surface area contributed by atoms with E-state index in [-0.39, 0.29) is 16.3 Å². The largest absolute Gasteiger partial charge is 0.349 e. The van der Waals surface area contributed by atoms with Gasteiger partial charge in [-0.2, -0.15) is 0 Å². The molecule has 2 amide bonds. The molecule has 30 heavy (non-hydrogen) atoms. The van der Waals surface area contributed by atoms with Crippen molar-refractivity contribution in [1.29, 1.82) is 0 Å². The van der Waals surface area contributed by atoms with Crippen molar-refractivity contribution in [3.05, 3.63) is 71.8 Å². The molecule has 0 bridgehead atoms. The molecule has 0 aromatic heterocycles. The summed E-state index contributed by atoms with van der Waals surface area (Å²) in [6.07, 6.45) is 1.55. The maximum atomic E-state index is 13.4. The molecule has 2 aromatic carbocycles. The van der Waals surface area contributed by atoms with E-state index in [9.17, 15) is 14.4 Å². The van der Waals surface area contributed by atoms with Gasteiger partial charge in [0.1, 0.15) is 6.54 Å². The number of Topliss-reactive ketones (excluding diaryl/α,β-unsaturated/α-hetero) is 1. The van der Waals surface area contributed by atoms with Gasteiger partial charge in [-0.1, -0.05) is 74.5 Å². The van der Waals surface area contributed by atoms with Gasteiger partial charge in [0.15, 0.2) is 6.04 Å². The first-order chi connectivity index (χ1) is 14.4. The Kier molecular flexibility index (Phi) is 7.16. The molecule has 1 saturated heterocycles.